The van der Waals surface area contributed by atoms with E-state index >= 15 is 0 Å². The van der Waals surface area contributed by atoms with Gasteiger partial charge in [-0.2, -0.15) is 0 Å². The predicted octanol–water partition coefficient (Wildman–Crippen LogP) is 6.13. The molecule has 0 aromatic carbocycles. The van der Waals surface area contributed by atoms with Gasteiger partial charge in [0, 0.05) is 23.1 Å². The molecule has 3 aliphatic rings. The van der Waals surface area contributed by atoms with Crippen LogP contribution in [0.5, 0.6) is 0 Å². The Balaban J connectivity index is 1.53. The summed E-state index contributed by atoms with van der Waals surface area (Å²) >= 11 is 0. The van der Waals surface area contributed by atoms with Crippen LogP contribution in [0.4, 0.5) is 19.0 Å². The Labute approximate surface area is 162 Å². The van der Waals surface area contributed by atoms with Crippen molar-refractivity contribution in [3.63, 3.8) is 0 Å². The zero-order valence-electron chi connectivity index (χ0n) is 15.3. The first-order valence-electron chi connectivity index (χ1n) is 9.84. The molecule has 3 heterocycles. The van der Waals surface area contributed by atoms with E-state index in [4.69, 9.17) is 0 Å². The van der Waals surface area contributed by atoms with Crippen molar-refractivity contribution in [1.82, 2.24) is 9.97 Å². The standard InChI is InChI=1S/C21H21F3N3P/c22-13-7-14-15(10-28-21(14)25-9-13)19-16(23)8-17(24)20(27-19)26-18-6-11-2-1-3-12(18)5-4-11/h7-12,18,28H,1-6H2,(H,26,27). The Kier molecular flexibility index (Phi) is 4.54. The summed E-state index contributed by atoms with van der Waals surface area (Å²) in [7, 11) is 0.218. The summed E-state index contributed by atoms with van der Waals surface area (Å²) in [6.07, 6.45) is 8.18. The van der Waals surface area contributed by atoms with Crippen LogP contribution in [-0.4, -0.2) is 16.0 Å². The molecule has 0 saturated heterocycles. The van der Waals surface area contributed by atoms with Gasteiger partial charge in [0.05, 0.1) is 11.4 Å². The normalized spacial score (nSPS) is 24.8. The fraction of sp³-hybridized carbons (Fsp3) is 0.429. The van der Waals surface area contributed by atoms with Crippen LogP contribution in [0.25, 0.3) is 21.9 Å². The largest absolute Gasteiger partial charge is 0.365 e. The maximum absolute atomic E-state index is 14.6. The summed E-state index contributed by atoms with van der Waals surface area (Å²) in [4.78, 5) is 8.39. The van der Waals surface area contributed by atoms with Gasteiger partial charge < -0.3 is 5.32 Å². The molecule has 4 unspecified atom stereocenters. The zero-order chi connectivity index (χ0) is 19.3. The maximum Gasteiger partial charge on any atom is 0.168 e. The molecule has 3 aromatic heterocycles. The van der Waals surface area contributed by atoms with Crippen molar-refractivity contribution >= 4 is 24.6 Å². The second-order valence-corrected chi connectivity index (χ2v) is 9.07. The van der Waals surface area contributed by atoms with Crippen LogP contribution in [0.3, 0.4) is 0 Å². The SMILES string of the molecule is Fc1cnc2[pH]cc(-c3nc(NC4CC5CCCC4CC5)c(F)cc3F)c2c1. The smallest absolute Gasteiger partial charge is 0.168 e. The van der Waals surface area contributed by atoms with Crippen LogP contribution in [0.2, 0.25) is 0 Å². The van der Waals surface area contributed by atoms with Crippen LogP contribution in [-0.2, 0) is 0 Å². The van der Waals surface area contributed by atoms with Crippen molar-refractivity contribution in [2.75, 3.05) is 5.32 Å². The van der Waals surface area contributed by atoms with Gasteiger partial charge >= 0.3 is 0 Å². The van der Waals surface area contributed by atoms with Gasteiger partial charge in [-0.3, -0.25) is 0 Å². The average molecular weight is 403 g/mol. The lowest BCUT2D eigenvalue weighted by atomic mass is 9.80. The summed E-state index contributed by atoms with van der Waals surface area (Å²) < 4.78 is 42.8. The Morgan fingerprint density at radius 2 is 1.93 bits per heavy atom. The van der Waals surface area contributed by atoms with Gasteiger partial charge in [0.25, 0.3) is 0 Å². The lowest BCUT2D eigenvalue weighted by molar-refractivity contribution is 0.279. The molecule has 0 radical (unpaired) electrons. The Hall–Kier alpha value is -2.07. The summed E-state index contributed by atoms with van der Waals surface area (Å²) in [5.74, 6) is 1.19. The van der Waals surface area contributed by atoms with E-state index in [1.807, 2.05) is 0 Å². The molecule has 7 heteroatoms. The van der Waals surface area contributed by atoms with Crippen LogP contribution >= 0.6 is 8.19 Å². The Morgan fingerprint density at radius 1 is 1.04 bits per heavy atom. The Morgan fingerprint density at radius 3 is 2.82 bits per heavy atom. The van der Waals surface area contributed by atoms with Gasteiger partial charge in [0.2, 0.25) is 0 Å². The second kappa shape index (κ2) is 7.07. The molecule has 3 saturated carbocycles. The molecule has 0 amide bonds. The van der Waals surface area contributed by atoms with E-state index in [0.717, 1.165) is 31.5 Å². The molecule has 6 rings (SSSR count). The van der Waals surface area contributed by atoms with E-state index < -0.39 is 17.5 Å². The third-order valence-corrected chi connectivity index (χ3v) is 7.40. The highest BCUT2D eigenvalue weighted by atomic mass is 31.0. The molecule has 4 atom stereocenters. The van der Waals surface area contributed by atoms with E-state index in [0.29, 0.717) is 28.0 Å². The minimum Gasteiger partial charge on any atom is -0.365 e. The van der Waals surface area contributed by atoms with E-state index in [1.54, 1.807) is 5.80 Å². The van der Waals surface area contributed by atoms with E-state index in [1.165, 1.54) is 25.3 Å². The molecule has 0 spiro atoms. The summed E-state index contributed by atoms with van der Waals surface area (Å²) in [6, 6.07) is 2.40. The van der Waals surface area contributed by atoms with Gasteiger partial charge in [-0.15, -0.1) is 8.19 Å². The van der Waals surface area contributed by atoms with Crippen LogP contribution in [0.15, 0.2) is 24.1 Å². The summed E-state index contributed by atoms with van der Waals surface area (Å²) in [5.41, 5.74) is 0.546. The number of nitrogens with zero attached hydrogens (tertiary/aromatic N) is 2. The zero-order valence-corrected chi connectivity index (χ0v) is 16.3. The average Bonchev–Trinajstić information content (AvgIpc) is 2.83. The first-order chi connectivity index (χ1) is 13.6. The number of rotatable bonds is 3. The molecule has 3 nitrogen and oxygen atoms in total. The van der Waals surface area contributed by atoms with Gasteiger partial charge in [0.1, 0.15) is 11.5 Å². The number of pyridine rings is 2. The highest BCUT2D eigenvalue weighted by molar-refractivity contribution is 7.36. The minimum atomic E-state index is -0.737. The van der Waals surface area contributed by atoms with E-state index in [-0.39, 0.29) is 25.7 Å². The highest BCUT2D eigenvalue weighted by Gasteiger charge is 2.34. The lowest BCUT2D eigenvalue weighted by Crippen LogP contribution is -2.34. The number of fused-ring (bicyclic) bond motifs is 5. The van der Waals surface area contributed by atoms with Crippen LogP contribution in [0, 0.1) is 29.3 Å². The number of aromatic nitrogens is 2. The van der Waals surface area contributed by atoms with E-state index in [9.17, 15) is 13.2 Å². The van der Waals surface area contributed by atoms with Crippen molar-refractivity contribution < 1.29 is 13.2 Å². The van der Waals surface area contributed by atoms with E-state index in [2.05, 4.69) is 15.3 Å². The number of nitrogens with one attached hydrogen (secondary N) is 1. The van der Waals surface area contributed by atoms with Gasteiger partial charge in [0.15, 0.2) is 17.5 Å². The van der Waals surface area contributed by atoms with Crippen molar-refractivity contribution in [2.24, 2.45) is 11.8 Å². The van der Waals surface area contributed by atoms with Crippen molar-refractivity contribution in [1.29, 1.82) is 0 Å². The first-order valence-corrected chi connectivity index (χ1v) is 10.9. The van der Waals surface area contributed by atoms with Gasteiger partial charge in [-0.1, -0.05) is 19.3 Å². The van der Waals surface area contributed by atoms with Gasteiger partial charge in [-0.05, 0) is 43.0 Å². The summed E-state index contributed by atoms with van der Waals surface area (Å²) in [5, 5.41) is 4.52. The fourth-order valence-electron chi connectivity index (χ4n) is 4.88. The molecule has 2 bridgehead atoms. The fourth-order valence-corrected chi connectivity index (χ4v) is 5.95. The predicted molar refractivity (Wildman–Crippen MR) is 106 cm³/mol. The molecule has 3 fully saturated rings. The molecule has 28 heavy (non-hydrogen) atoms. The monoisotopic (exact) mass is 403 g/mol. The molecule has 1 N–H and O–H groups in total. The highest BCUT2D eigenvalue weighted by Crippen LogP contribution is 2.41. The third-order valence-electron chi connectivity index (χ3n) is 6.29. The van der Waals surface area contributed by atoms with Crippen molar-refractivity contribution in [3.8, 4) is 11.3 Å². The van der Waals surface area contributed by atoms with Crippen LogP contribution < -0.4 is 5.32 Å². The second-order valence-electron chi connectivity index (χ2n) is 8.02. The molecule has 0 aliphatic heterocycles. The molecule has 146 valence electrons. The topological polar surface area (TPSA) is 37.8 Å². The van der Waals surface area contributed by atoms with Gasteiger partial charge in [-0.25, -0.2) is 23.1 Å². The number of halogens is 3. The van der Waals surface area contributed by atoms with Crippen molar-refractivity contribution in [2.45, 2.75) is 44.6 Å². The summed E-state index contributed by atoms with van der Waals surface area (Å²) in [6.45, 7) is 0. The first kappa shape index (κ1) is 18.0. The number of hydrogen-bond acceptors (Lipinski definition) is 3. The minimum absolute atomic E-state index is 0.0568. The molecular formula is C21H21F3N3P. The Bertz CT molecular complexity index is 1030. The van der Waals surface area contributed by atoms with Crippen LogP contribution in [0.1, 0.15) is 38.5 Å². The lowest BCUT2D eigenvalue weighted by Gasteiger charge is -2.33. The van der Waals surface area contributed by atoms with Crippen molar-refractivity contribution in [3.05, 3.63) is 41.6 Å². The maximum atomic E-state index is 14.6. The number of hydrogen-bond donors (Lipinski definition) is 1. The molecule has 3 aliphatic carbocycles. The molecule has 3 aromatic rings. The molecular weight excluding hydrogens is 382 g/mol. The number of anilines is 1. The third kappa shape index (κ3) is 3.18. The quantitative estimate of drug-likeness (QED) is 0.572.